The molecule has 0 saturated heterocycles. The van der Waals surface area contributed by atoms with Crippen LogP contribution in [0.2, 0.25) is 0 Å². The Morgan fingerprint density at radius 3 is 2.50 bits per heavy atom. The Balaban J connectivity index is 1.92. The van der Waals surface area contributed by atoms with Gasteiger partial charge in [-0.25, -0.2) is 4.79 Å². The molecule has 2 aromatic rings. The summed E-state index contributed by atoms with van der Waals surface area (Å²) in [6.45, 7) is 0. The molecule has 0 aromatic heterocycles. The van der Waals surface area contributed by atoms with E-state index < -0.39 is 16.8 Å². The van der Waals surface area contributed by atoms with E-state index in [9.17, 15) is 9.00 Å². The second-order valence-corrected chi connectivity index (χ2v) is 6.04. The van der Waals surface area contributed by atoms with Gasteiger partial charge in [-0.3, -0.25) is 4.21 Å². The fraction of sp³-hybridized carbons (Fsp3) is 0.188. The van der Waals surface area contributed by atoms with Crippen molar-refractivity contribution in [1.82, 2.24) is 0 Å². The van der Waals surface area contributed by atoms with Crippen LogP contribution in [-0.2, 0) is 17.2 Å². The number of carboxylic acid groups (broad SMARTS) is 1. The van der Waals surface area contributed by atoms with Gasteiger partial charge in [0.15, 0.2) is 0 Å². The molecule has 0 aliphatic rings. The van der Waals surface area contributed by atoms with Gasteiger partial charge in [-0.05, 0) is 36.6 Å². The first kappa shape index (κ1) is 14.5. The number of aryl methyl sites for hydroxylation is 1. The molecule has 4 heteroatoms. The highest BCUT2D eigenvalue weighted by molar-refractivity contribution is 7.85. The lowest BCUT2D eigenvalue weighted by Crippen LogP contribution is -2.02. The fourth-order valence-electron chi connectivity index (χ4n) is 1.94. The molecule has 0 spiro atoms. The van der Waals surface area contributed by atoms with Crippen molar-refractivity contribution < 1.29 is 14.1 Å². The Morgan fingerprint density at radius 2 is 1.80 bits per heavy atom. The minimum Gasteiger partial charge on any atom is -0.478 e. The summed E-state index contributed by atoms with van der Waals surface area (Å²) in [5.74, 6) is -0.453. The van der Waals surface area contributed by atoms with Crippen LogP contribution >= 0.6 is 0 Å². The second-order valence-electron chi connectivity index (χ2n) is 4.47. The highest BCUT2D eigenvalue weighted by Gasteiger charge is 2.08. The molecule has 0 fully saturated rings. The third kappa shape index (κ3) is 4.03. The first-order valence-electron chi connectivity index (χ1n) is 6.42. The monoisotopic (exact) mass is 288 g/mol. The summed E-state index contributed by atoms with van der Waals surface area (Å²) < 4.78 is 12.1. The number of carboxylic acids is 1. The highest BCUT2D eigenvalue weighted by atomic mass is 32.2. The fourth-order valence-corrected chi connectivity index (χ4v) is 3.07. The Kier molecular flexibility index (Phi) is 5.07. The molecule has 2 aromatic carbocycles. The molecule has 20 heavy (non-hydrogen) atoms. The van der Waals surface area contributed by atoms with Crippen LogP contribution < -0.4 is 0 Å². The van der Waals surface area contributed by atoms with Crippen LogP contribution in [0.25, 0.3) is 0 Å². The number of hydrogen-bond donors (Lipinski definition) is 1. The molecule has 104 valence electrons. The molecule has 3 nitrogen and oxygen atoms in total. The Morgan fingerprint density at radius 1 is 1.05 bits per heavy atom. The van der Waals surface area contributed by atoms with Crippen molar-refractivity contribution in [3.8, 4) is 0 Å². The Labute approximate surface area is 120 Å². The van der Waals surface area contributed by atoms with Crippen molar-refractivity contribution in [1.29, 1.82) is 0 Å². The summed E-state index contributed by atoms with van der Waals surface area (Å²) in [6.07, 6.45) is 1.69. The van der Waals surface area contributed by atoms with Crippen LogP contribution in [0.4, 0.5) is 0 Å². The van der Waals surface area contributed by atoms with Crippen LogP contribution in [-0.4, -0.2) is 21.0 Å². The van der Waals surface area contributed by atoms with Crippen LogP contribution in [0.5, 0.6) is 0 Å². The van der Waals surface area contributed by atoms with Gasteiger partial charge < -0.3 is 5.11 Å². The van der Waals surface area contributed by atoms with E-state index in [-0.39, 0.29) is 5.56 Å². The van der Waals surface area contributed by atoms with Crippen molar-refractivity contribution in [3.63, 3.8) is 0 Å². The van der Waals surface area contributed by atoms with Crippen LogP contribution in [0.15, 0.2) is 59.5 Å². The van der Waals surface area contributed by atoms with Crippen molar-refractivity contribution in [2.75, 3.05) is 5.75 Å². The molecule has 1 N–H and O–H groups in total. The van der Waals surface area contributed by atoms with E-state index in [1.807, 2.05) is 30.3 Å². The van der Waals surface area contributed by atoms with Crippen LogP contribution in [0.3, 0.4) is 0 Å². The zero-order valence-corrected chi connectivity index (χ0v) is 11.8. The lowest BCUT2D eigenvalue weighted by atomic mass is 10.1. The average molecular weight is 288 g/mol. The predicted octanol–water partition coefficient (Wildman–Crippen LogP) is 3.13. The van der Waals surface area contributed by atoms with E-state index in [2.05, 4.69) is 0 Å². The third-order valence-electron chi connectivity index (χ3n) is 2.98. The maximum atomic E-state index is 12.1. The summed E-state index contributed by atoms with van der Waals surface area (Å²) in [6, 6.07) is 16.4. The quantitative estimate of drug-likeness (QED) is 0.888. The van der Waals surface area contributed by atoms with Crippen molar-refractivity contribution in [2.45, 2.75) is 17.7 Å². The summed E-state index contributed by atoms with van der Waals surface area (Å²) in [5.41, 5.74) is 1.41. The first-order valence-corrected chi connectivity index (χ1v) is 7.74. The van der Waals surface area contributed by atoms with Gasteiger partial charge in [-0.15, -0.1) is 0 Å². The van der Waals surface area contributed by atoms with Crippen LogP contribution in [0, 0.1) is 0 Å². The zero-order valence-electron chi connectivity index (χ0n) is 11.0. The molecule has 0 heterocycles. The van der Waals surface area contributed by atoms with Gasteiger partial charge in [0.2, 0.25) is 0 Å². The molecule has 0 radical (unpaired) electrons. The van der Waals surface area contributed by atoms with Gasteiger partial charge in [0.25, 0.3) is 0 Å². The van der Waals surface area contributed by atoms with Crippen molar-refractivity contribution in [3.05, 3.63) is 65.7 Å². The molecule has 1 atom stereocenters. The van der Waals surface area contributed by atoms with E-state index in [0.29, 0.717) is 10.6 Å². The van der Waals surface area contributed by atoms with Crippen molar-refractivity contribution in [2.24, 2.45) is 0 Å². The number of hydrogen-bond acceptors (Lipinski definition) is 2. The molecular formula is C16H16O3S. The lowest BCUT2D eigenvalue weighted by molar-refractivity contribution is 0.0696. The molecule has 0 saturated carbocycles. The maximum Gasteiger partial charge on any atom is 0.335 e. The van der Waals surface area contributed by atoms with Gasteiger partial charge >= 0.3 is 5.97 Å². The summed E-state index contributed by atoms with van der Waals surface area (Å²) in [7, 11) is -1.15. The third-order valence-corrected chi connectivity index (χ3v) is 4.42. The molecule has 0 bridgehead atoms. The van der Waals surface area contributed by atoms with E-state index in [0.717, 1.165) is 12.8 Å². The maximum absolute atomic E-state index is 12.1. The number of rotatable bonds is 6. The molecule has 0 aliphatic carbocycles. The zero-order chi connectivity index (χ0) is 14.4. The molecule has 0 aliphatic heterocycles. The largest absolute Gasteiger partial charge is 0.478 e. The summed E-state index contributed by atoms with van der Waals surface area (Å²) in [4.78, 5) is 11.5. The minimum absolute atomic E-state index is 0.180. The van der Waals surface area contributed by atoms with E-state index in [1.54, 1.807) is 12.1 Å². The molecular weight excluding hydrogens is 272 g/mol. The van der Waals surface area contributed by atoms with Gasteiger partial charge in [0.1, 0.15) is 0 Å². The van der Waals surface area contributed by atoms with E-state index in [4.69, 9.17) is 5.11 Å². The minimum atomic E-state index is -1.15. The predicted molar refractivity (Wildman–Crippen MR) is 79.4 cm³/mol. The van der Waals surface area contributed by atoms with E-state index in [1.165, 1.54) is 17.7 Å². The summed E-state index contributed by atoms with van der Waals surface area (Å²) in [5, 5.41) is 8.92. The Bertz CT molecular complexity index is 608. The lowest BCUT2D eigenvalue weighted by Gasteiger charge is -2.04. The summed E-state index contributed by atoms with van der Waals surface area (Å²) >= 11 is 0. The molecule has 1 unspecified atom stereocenters. The number of benzene rings is 2. The number of carbonyl (C=O) groups is 1. The highest BCUT2D eigenvalue weighted by Crippen LogP contribution is 2.12. The average Bonchev–Trinajstić information content (AvgIpc) is 2.48. The Hall–Kier alpha value is -1.94. The van der Waals surface area contributed by atoms with Crippen LogP contribution in [0.1, 0.15) is 22.3 Å². The SMILES string of the molecule is O=C(O)c1cccc(S(=O)CCCc2ccccc2)c1. The smallest absolute Gasteiger partial charge is 0.335 e. The van der Waals surface area contributed by atoms with Gasteiger partial charge in [-0.1, -0.05) is 36.4 Å². The van der Waals surface area contributed by atoms with Gasteiger partial charge in [-0.2, -0.15) is 0 Å². The molecule has 2 rings (SSSR count). The second kappa shape index (κ2) is 7.01. The van der Waals surface area contributed by atoms with Gasteiger partial charge in [0.05, 0.1) is 16.4 Å². The first-order chi connectivity index (χ1) is 9.66. The van der Waals surface area contributed by atoms with Crippen molar-refractivity contribution >= 4 is 16.8 Å². The van der Waals surface area contributed by atoms with Gasteiger partial charge in [0, 0.05) is 10.6 Å². The van der Waals surface area contributed by atoms with E-state index >= 15 is 0 Å². The number of aromatic carboxylic acids is 1. The topological polar surface area (TPSA) is 54.4 Å². The standard InChI is InChI=1S/C16H16O3S/c17-16(18)14-9-4-10-15(12-14)20(19)11-5-8-13-6-2-1-3-7-13/h1-4,6-7,9-10,12H,5,8,11H2,(H,17,18). The normalized spacial score (nSPS) is 12.0. The molecule has 0 amide bonds.